The van der Waals surface area contributed by atoms with Crippen LogP contribution in [0.3, 0.4) is 0 Å². The lowest BCUT2D eigenvalue weighted by Crippen LogP contribution is -2.56. The number of carbonyl (C=O) groups is 2. The van der Waals surface area contributed by atoms with Crippen LogP contribution in [-0.2, 0) is 17.4 Å². The zero-order valence-corrected chi connectivity index (χ0v) is 18.8. The third-order valence-electron chi connectivity index (χ3n) is 5.99. The number of piperidine rings is 1. The number of likely N-dealkylation sites (tertiary alicyclic amines) is 1. The van der Waals surface area contributed by atoms with Gasteiger partial charge in [-0.1, -0.05) is 36.4 Å². The van der Waals surface area contributed by atoms with Gasteiger partial charge in [0.1, 0.15) is 0 Å². The third-order valence-corrected chi connectivity index (χ3v) is 5.99. The molecule has 1 aliphatic rings. The van der Waals surface area contributed by atoms with E-state index in [0.717, 1.165) is 11.6 Å². The summed E-state index contributed by atoms with van der Waals surface area (Å²) >= 11 is 0. The Bertz CT molecular complexity index is 1060. The molecule has 1 heterocycles. The van der Waals surface area contributed by atoms with Crippen molar-refractivity contribution in [1.29, 1.82) is 5.41 Å². The number of nitrogens with one attached hydrogen (secondary N) is 2. The second kappa shape index (κ2) is 9.84. The van der Waals surface area contributed by atoms with Crippen LogP contribution < -0.4 is 16.8 Å². The van der Waals surface area contributed by atoms with Crippen LogP contribution in [-0.4, -0.2) is 41.3 Å². The van der Waals surface area contributed by atoms with Gasteiger partial charge in [0.2, 0.25) is 5.91 Å². The summed E-state index contributed by atoms with van der Waals surface area (Å²) in [6, 6.07) is 12.8. The highest BCUT2D eigenvalue weighted by atomic mass is 19.4. The number of halogens is 3. The number of hydrogen-bond acceptors (Lipinski definition) is 4. The Morgan fingerprint density at radius 3 is 2.29 bits per heavy atom. The summed E-state index contributed by atoms with van der Waals surface area (Å²) in [6.45, 7) is 2.24. The molecule has 1 unspecified atom stereocenters. The van der Waals surface area contributed by atoms with E-state index in [4.69, 9.17) is 16.9 Å². The predicted molar refractivity (Wildman–Crippen MR) is 122 cm³/mol. The molecule has 2 aromatic rings. The summed E-state index contributed by atoms with van der Waals surface area (Å²) in [5, 5.41) is 9.08. The Morgan fingerprint density at radius 1 is 1.12 bits per heavy atom. The van der Waals surface area contributed by atoms with Crippen LogP contribution in [0.15, 0.2) is 48.5 Å². The Kier molecular flexibility index (Phi) is 7.30. The summed E-state index contributed by atoms with van der Waals surface area (Å²) < 4.78 is 41.4. The van der Waals surface area contributed by atoms with Gasteiger partial charge in [0, 0.05) is 18.7 Å². The quantitative estimate of drug-likeness (QED) is 0.392. The second-order valence-electron chi connectivity index (χ2n) is 8.81. The zero-order valence-electron chi connectivity index (χ0n) is 18.8. The highest BCUT2D eigenvalue weighted by Crippen LogP contribution is 2.39. The van der Waals surface area contributed by atoms with Gasteiger partial charge in [-0.15, -0.1) is 0 Å². The molecule has 34 heavy (non-hydrogen) atoms. The maximum absolute atomic E-state index is 13.8. The van der Waals surface area contributed by atoms with Crippen molar-refractivity contribution in [1.82, 2.24) is 10.2 Å². The maximum atomic E-state index is 13.8. The van der Waals surface area contributed by atoms with Gasteiger partial charge in [-0.2, -0.15) is 13.2 Å². The first-order valence-corrected chi connectivity index (χ1v) is 10.9. The van der Waals surface area contributed by atoms with Crippen LogP contribution in [0.25, 0.3) is 0 Å². The fourth-order valence-electron chi connectivity index (χ4n) is 4.34. The van der Waals surface area contributed by atoms with Gasteiger partial charge in [0.25, 0.3) is 5.91 Å². The van der Waals surface area contributed by atoms with Crippen molar-refractivity contribution in [3.63, 3.8) is 0 Å². The van der Waals surface area contributed by atoms with E-state index in [1.54, 1.807) is 11.8 Å². The molecule has 1 aliphatic heterocycles. The SMILES string of the molecule is CC(N)(Cc1ccccc1)C(=O)N1CCC(c2ccc(C(=O)NC(=N)N)cc2C(F)(F)F)CC1. The Hall–Kier alpha value is -3.40. The molecule has 10 heteroatoms. The van der Waals surface area contributed by atoms with Crippen LogP contribution in [0, 0.1) is 5.41 Å². The molecule has 0 spiro atoms. The third kappa shape index (κ3) is 5.93. The van der Waals surface area contributed by atoms with E-state index in [9.17, 15) is 22.8 Å². The van der Waals surface area contributed by atoms with Gasteiger partial charge in [-0.25, -0.2) is 0 Å². The Labute approximate surface area is 195 Å². The Morgan fingerprint density at radius 2 is 1.74 bits per heavy atom. The number of carbonyl (C=O) groups excluding carboxylic acids is 2. The van der Waals surface area contributed by atoms with Gasteiger partial charge < -0.3 is 16.4 Å². The molecule has 2 aromatic carbocycles. The van der Waals surface area contributed by atoms with E-state index >= 15 is 0 Å². The van der Waals surface area contributed by atoms with Crippen LogP contribution in [0.5, 0.6) is 0 Å². The lowest BCUT2D eigenvalue weighted by Gasteiger charge is -2.37. The van der Waals surface area contributed by atoms with Gasteiger partial charge in [-0.05, 0) is 55.4 Å². The molecule has 1 atom stereocenters. The van der Waals surface area contributed by atoms with Crippen molar-refractivity contribution in [3.8, 4) is 0 Å². The summed E-state index contributed by atoms with van der Waals surface area (Å²) in [7, 11) is 0. The summed E-state index contributed by atoms with van der Waals surface area (Å²) in [4.78, 5) is 26.7. The molecular formula is C24H28F3N5O2. The number of amides is 2. The average Bonchev–Trinajstić information content (AvgIpc) is 2.77. The van der Waals surface area contributed by atoms with Crippen LogP contribution >= 0.6 is 0 Å². The predicted octanol–water partition coefficient (Wildman–Crippen LogP) is 2.99. The normalized spacial score (nSPS) is 16.6. The molecule has 182 valence electrons. The lowest BCUT2D eigenvalue weighted by molar-refractivity contribution is -0.140. The second-order valence-corrected chi connectivity index (χ2v) is 8.81. The molecule has 0 aliphatic carbocycles. The standard InChI is InChI=1S/C24H28F3N5O2/c1-23(30,14-15-5-3-2-4-6-15)21(34)32-11-9-16(10-12-32)18-8-7-17(20(33)31-22(28)29)13-19(18)24(25,26)27/h2-8,13,16H,9-12,14,30H2,1H3,(H4,28,29,31,33). The molecule has 3 rings (SSSR count). The van der Waals surface area contributed by atoms with E-state index in [1.807, 2.05) is 35.6 Å². The highest BCUT2D eigenvalue weighted by molar-refractivity contribution is 6.04. The van der Waals surface area contributed by atoms with Gasteiger partial charge in [0.15, 0.2) is 5.96 Å². The summed E-state index contributed by atoms with van der Waals surface area (Å²) in [6.07, 6.45) is -3.63. The first-order chi connectivity index (χ1) is 15.9. The lowest BCUT2D eigenvalue weighted by atomic mass is 9.84. The van der Waals surface area contributed by atoms with Crippen LogP contribution in [0.4, 0.5) is 13.2 Å². The molecule has 0 saturated carbocycles. The minimum Gasteiger partial charge on any atom is -0.370 e. The molecule has 0 radical (unpaired) electrons. The van der Waals surface area contributed by atoms with E-state index in [1.165, 1.54) is 12.1 Å². The number of rotatable bonds is 5. The summed E-state index contributed by atoms with van der Waals surface area (Å²) in [5.74, 6) is -2.20. The molecule has 1 fully saturated rings. The zero-order chi connectivity index (χ0) is 25.1. The van der Waals surface area contributed by atoms with Crippen LogP contribution in [0.2, 0.25) is 0 Å². The van der Waals surface area contributed by atoms with Crippen molar-refractivity contribution in [2.75, 3.05) is 13.1 Å². The van der Waals surface area contributed by atoms with Crippen molar-refractivity contribution in [2.45, 2.75) is 43.8 Å². The Balaban J connectivity index is 1.73. The number of alkyl halides is 3. The maximum Gasteiger partial charge on any atom is 0.416 e. The van der Waals surface area contributed by atoms with Crippen molar-refractivity contribution in [2.24, 2.45) is 11.5 Å². The van der Waals surface area contributed by atoms with E-state index < -0.39 is 35.1 Å². The molecule has 2 amide bonds. The minimum atomic E-state index is -4.67. The average molecular weight is 476 g/mol. The molecular weight excluding hydrogens is 447 g/mol. The molecule has 0 bridgehead atoms. The molecule has 1 saturated heterocycles. The topological polar surface area (TPSA) is 125 Å². The van der Waals surface area contributed by atoms with E-state index in [-0.39, 0.29) is 30.1 Å². The number of nitrogens with two attached hydrogens (primary N) is 2. The van der Waals surface area contributed by atoms with Crippen molar-refractivity contribution >= 4 is 17.8 Å². The number of hydrogen-bond donors (Lipinski definition) is 4. The highest BCUT2D eigenvalue weighted by Gasteiger charge is 2.39. The van der Waals surface area contributed by atoms with Gasteiger partial charge in [-0.3, -0.25) is 20.3 Å². The fraction of sp³-hybridized carbons (Fsp3) is 0.375. The van der Waals surface area contributed by atoms with Crippen molar-refractivity contribution in [3.05, 3.63) is 70.8 Å². The fourth-order valence-corrected chi connectivity index (χ4v) is 4.34. The first kappa shape index (κ1) is 25.2. The summed E-state index contributed by atoms with van der Waals surface area (Å²) in [5.41, 5.74) is 10.2. The van der Waals surface area contributed by atoms with Gasteiger partial charge >= 0.3 is 6.18 Å². The molecule has 0 aromatic heterocycles. The number of guanidine groups is 1. The van der Waals surface area contributed by atoms with Crippen LogP contribution in [0.1, 0.15) is 52.7 Å². The number of benzene rings is 2. The monoisotopic (exact) mass is 475 g/mol. The minimum absolute atomic E-state index is 0.0822. The largest absolute Gasteiger partial charge is 0.416 e. The van der Waals surface area contributed by atoms with E-state index in [2.05, 4.69) is 0 Å². The molecule has 6 N–H and O–H groups in total. The van der Waals surface area contributed by atoms with Crippen molar-refractivity contribution < 1.29 is 22.8 Å². The van der Waals surface area contributed by atoms with E-state index in [0.29, 0.717) is 19.3 Å². The number of nitrogens with zero attached hydrogens (tertiary/aromatic N) is 1. The van der Waals surface area contributed by atoms with Gasteiger partial charge in [0.05, 0.1) is 11.1 Å². The first-order valence-electron chi connectivity index (χ1n) is 10.9. The molecule has 7 nitrogen and oxygen atoms in total. The smallest absolute Gasteiger partial charge is 0.370 e.